The fraction of sp³-hybridized carbons (Fsp3) is 0.429. The van der Waals surface area contributed by atoms with E-state index in [0.717, 1.165) is 12.8 Å². The Morgan fingerprint density at radius 3 is 2.53 bits per heavy atom. The summed E-state index contributed by atoms with van der Waals surface area (Å²) in [6.07, 6.45) is 2.59. The molecule has 17 heavy (non-hydrogen) atoms. The highest BCUT2D eigenvalue weighted by Gasteiger charge is 2.18. The highest BCUT2D eigenvalue weighted by Crippen LogP contribution is 2.28. The van der Waals surface area contributed by atoms with Gasteiger partial charge in [-0.1, -0.05) is 43.7 Å². The summed E-state index contributed by atoms with van der Waals surface area (Å²) in [6, 6.07) is 10.1. The number of diazo groups is 1. The Hall–Kier alpha value is -1.82. The van der Waals surface area contributed by atoms with Gasteiger partial charge in [0.05, 0.1) is 0 Å². The van der Waals surface area contributed by atoms with E-state index < -0.39 is 0 Å². The zero-order valence-corrected chi connectivity index (χ0v) is 10.4. The Labute approximate surface area is 102 Å². The van der Waals surface area contributed by atoms with Crippen molar-refractivity contribution in [2.24, 2.45) is 0 Å². The molecule has 0 spiro atoms. The zero-order valence-electron chi connectivity index (χ0n) is 10.4. The Bertz CT molecular complexity index is 418. The first kappa shape index (κ1) is 13.2. The molecular weight excluding hydrogens is 212 g/mol. The molecule has 1 N–H and O–H groups in total. The van der Waals surface area contributed by atoms with Gasteiger partial charge in [-0.2, -0.15) is 0 Å². The van der Waals surface area contributed by atoms with Crippen LogP contribution in [0.4, 0.5) is 0 Å². The molecule has 0 aliphatic carbocycles. The van der Waals surface area contributed by atoms with Gasteiger partial charge in [-0.25, -0.2) is 0 Å². The summed E-state index contributed by atoms with van der Waals surface area (Å²) in [6.45, 7) is 3.73. The van der Waals surface area contributed by atoms with Gasteiger partial charge in [-0.15, -0.1) is 0 Å². The van der Waals surface area contributed by atoms with E-state index in [1.807, 2.05) is 18.2 Å². The van der Waals surface area contributed by atoms with Gasteiger partial charge >= 0.3 is 5.70 Å². The maximum Gasteiger partial charge on any atom is 0.395 e. The number of allylic oxidation sites excluding steroid dienone is 2. The predicted octanol–water partition coefficient (Wildman–Crippen LogP) is 4.60. The fourth-order valence-corrected chi connectivity index (χ4v) is 1.90. The maximum atomic E-state index is 9.80. The molecule has 0 saturated heterocycles. The lowest BCUT2D eigenvalue weighted by Gasteiger charge is -2.15. The van der Waals surface area contributed by atoms with E-state index in [4.69, 9.17) is 5.39 Å². The molecule has 0 saturated carbocycles. The molecule has 90 valence electrons. The fourth-order valence-electron chi connectivity index (χ4n) is 1.90. The third-order valence-corrected chi connectivity index (χ3v) is 2.92. The molecule has 0 heterocycles. The maximum absolute atomic E-state index is 9.80. The van der Waals surface area contributed by atoms with Crippen LogP contribution in [-0.4, -0.2) is 5.11 Å². The monoisotopic (exact) mass is 231 g/mol. The van der Waals surface area contributed by atoms with Gasteiger partial charge in [0.15, 0.2) is 10.7 Å². The summed E-state index contributed by atoms with van der Waals surface area (Å²) in [5.74, 6) is 0.438. The summed E-state index contributed by atoms with van der Waals surface area (Å²) >= 11 is 0. The Morgan fingerprint density at radius 1 is 1.35 bits per heavy atom. The van der Waals surface area contributed by atoms with Crippen molar-refractivity contribution in [2.45, 2.75) is 39.0 Å². The molecule has 1 atom stereocenters. The van der Waals surface area contributed by atoms with Crippen molar-refractivity contribution in [1.82, 2.24) is 0 Å². The second kappa shape index (κ2) is 6.70. The van der Waals surface area contributed by atoms with E-state index in [1.165, 1.54) is 5.56 Å². The second-order valence-electron chi connectivity index (χ2n) is 4.23. The minimum Gasteiger partial charge on any atom is -0.505 e. The van der Waals surface area contributed by atoms with Crippen LogP contribution in [0.3, 0.4) is 0 Å². The topological polar surface area (TPSA) is 48.4 Å². The average Bonchev–Trinajstić information content (AvgIpc) is 2.38. The first-order valence-corrected chi connectivity index (χ1v) is 5.97. The van der Waals surface area contributed by atoms with Crippen LogP contribution in [0.15, 0.2) is 41.8 Å². The molecule has 0 fully saturated rings. The molecule has 0 radical (unpaired) electrons. The quantitative estimate of drug-likeness (QED) is 0.594. The SMILES string of the molecule is CCCC(C/C(O)=C(/C)[N+]#N)c1ccccc1. The number of aliphatic hydroxyl groups is 1. The Kier molecular flexibility index (Phi) is 5.22. The summed E-state index contributed by atoms with van der Waals surface area (Å²) in [5.41, 5.74) is 1.51. The second-order valence-corrected chi connectivity index (χ2v) is 4.23. The molecule has 0 aromatic heterocycles. The lowest BCUT2D eigenvalue weighted by atomic mass is 9.90. The Balaban J connectivity index is 2.86. The molecule has 3 heteroatoms. The number of nitrogens with zero attached hydrogens (tertiary/aromatic N) is 2. The van der Waals surface area contributed by atoms with Gasteiger partial charge < -0.3 is 5.11 Å². The molecule has 0 bridgehead atoms. The highest BCUT2D eigenvalue weighted by atomic mass is 16.3. The van der Waals surface area contributed by atoms with Crippen molar-refractivity contribution in [3.8, 4) is 0 Å². The smallest absolute Gasteiger partial charge is 0.395 e. The molecule has 1 unspecified atom stereocenters. The number of rotatable bonds is 5. The van der Waals surface area contributed by atoms with Crippen molar-refractivity contribution in [3.05, 3.63) is 52.3 Å². The van der Waals surface area contributed by atoms with Crippen LogP contribution in [0.1, 0.15) is 44.6 Å². The van der Waals surface area contributed by atoms with Crippen molar-refractivity contribution in [2.75, 3.05) is 0 Å². The molecule has 0 amide bonds. The predicted molar refractivity (Wildman–Crippen MR) is 69.1 cm³/mol. The van der Waals surface area contributed by atoms with Gasteiger partial charge in [-0.05, 0) is 17.9 Å². The van der Waals surface area contributed by atoms with Gasteiger partial charge in [0.25, 0.3) is 0 Å². The number of benzene rings is 1. The van der Waals surface area contributed by atoms with E-state index in [0.29, 0.717) is 12.1 Å². The van der Waals surface area contributed by atoms with Crippen LogP contribution in [0.2, 0.25) is 0 Å². The molecule has 0 aliphatic heterocycles. The minimum absolute atomic E-state index is 0.162. The van der Waals surface area contributed by atoms with E-state index in [-0.39, 0.29) is 11.7 Å². The van der Waals surface area contributed by atoms with Gasteiger partial charge in [0.2, 0.25) is 5.39 Å². The molecule has 1 aromatic carbocycles. The lowest BCUT2D eigenvalue weighted by molar-refractivity contribution is 0.363. The van der Waals surface area contributed by atoms with Gasteiger partial charge in [0, 0.05) is 13.3 Å². The van der Waals surface area contributed by atoms with Crippen LogP contribution in [-0.2, 0) is 0 Å². The van der Waals surface area contributed by atoms with Crippen LogP contribution in [0.25, 0.3) is 4.98 Å². The van der Waals surface area contributed by atoms with Crippen molar-refractivity contribution < 1.29 is 5.11 Å². The summed E-state index contributed by atoms with van der Waals surface area (Å²) in [7, 11) is 0. The van der Waals surface area contributed by atoms with Crippen LogP contribution < -0.4 is 0 Å². The van der Waals surface area contributed by atoms with Crippen LogP contribution in [0, 0.1) is 5.39 Å². The van der Waals surface area contributed by atoms with Crippen LogP contribution >= 0.6 is 0 Å². The molecule has 1 rings (SSSR count). The number of hydrogen-bond donors (Lipinski definition) is 1. The van der Waals surface area contributed by atoms with Crippen molar-refractivity contribution in [1.29, 1.82) is 5.39 Å². The van der Waals surface area contributed by atoms with Gasteiger partial charge in [-0.3, -0.25) is 0 Å². The molecular formula is C14H19N2O+. The van der Waals surface area contributed by atoms with Crippen LogP contribution in [0.5, 0.6) is 0 Å². The third-order valence-electron chi connectivity index (χ3n) is 2.92. The normalized spacial score (nSPS) is 13.7. The van der Waals surface area contributed by atoms with E-state index in [2.05, 4.69) is 24.0 Å². The van der Waals surface area contributed by atoms with Crippen molar-refractivity contribution in [3.63, 3.8) is 0 Å². The summed E-state index contributed by atoms with van der Waals surface area (Å²) in [5, 5.41) is 18.4. The first-order chi connectivity index (χ1) is 8.19. The summed E-state index contributed by atoms with van der Waals surface area (Å²) in [4.78, 5) is 3.02. The number of aliphatic hydroxyl groups excluding tert-OH is 1. The molecule has 3 nitrogen and oxygen atoms in total. The largest absolute Gasteiger partial charge is 0.505 e. The van der Waals surface area contributed by atoms with Gasteiger partial charge in [0.1, 0.15) is 0 Å². The Morgan fingerprint density at radius 2 is 2.00 bits per heavy atom. The highest BCUT2D eigenvalue weighted by molar-refractivity contribution is 5.22. The standard InChI is InChI=1S/C14H18N2O/c1-3-7-13(10-14(17)11(2)16-15)12-8-5-4-6-9-12/h4-6,8-9,13H,3,7,10H2,1-2H3/p+1/b14-11+. The lowest BCUT2D eigenvalue weighted by Crippen LogP contribution is -2.01. The first-order valence-electron chi connectivity index (χ1n) is 5.97. The molecule has 1 aromatic rings. The number of hydrogen-bond acceptors (Lipinski definition) is 2. The zero-order chi connectivity index (χ0) is 12.7. The summed E-state index contributed by atoms with van der Waals surface area (Å²) < 4.78 is 0. The van der Waals surface area contributed by atoms with E-state index >= 15 is 0 Å². The van der Waals surface area contributed by atoms with Crippen molar-refractivity contribution >= 4 is 0 Å². The molecule has 0 aliphatic rings. The third kappa shape index (κ3) is 3.92. The van der Waals surface area contributed by atoms with E-state index in [1.54, 1.807) is 6.92 Å². The minimum atomic E-state index is 0.162. The average molecular weight is 231 g/mol. The van der Waals surface area contributed by atoms with E-state index in [9.17, 15) is 5.11 Å².